The second-order valence-electron chi connectivity index (χ2n) is 3.70. The van der Waals surface area contributed by atoms with Crippen LogP contribution < -0.4 is 14.8 Å². The maximum absolute atomic E-state index is 12.8. The summed E-state index contributed by atoms with van der Waals surface area (Å²) in [5.74, 6) is -0.545. The Morgan fingerprint density at radius 1 is 1.26 bits per heavy atom. The largest absolute Gasteiger partial charge is 0.586 e. The quantitative estimate of drug-likeness (QED) is 0.676. The van der Waals surface area contributed by atoms with Crippen LogP contribution in [0.4, 0.5) is 14.5 Å². The molecule has 1 heterocycles. The summed E-state index contributed by atoms with van der Waals surface area (Å²) in [6, 6.07) is 4.03. The van der Waals surface area contributed by atoms with Crippen molar-refractivity contribution in [1.82, 2.24) is 0 Å². The fourth-order valence-electron chi connectivity index (χ4n) is 1.46. The third-order valence-corrected chi connectivity index (χ3v) is 2.22. The minimum absolute atomic E-state index is 0.0625. The third-order valence-electron chi connectivity index (χ3n) is 2.22. The average Bonchev–Trinajstić information content (AvgIpc) is 2.62. The van der Waals surface area contributed by atoms with Gasteiger partial charge in [0.15, 0.2) is 11.5 Å². The fraction of sp³-hybridized carbons (Fsp3) is 0.154. The van der Waals surface area contributed by atoms with Gasteiger partial charge in [0, 0.05) is 17.8 Å². The number of carbonyl (C=O) groups excluding carboxylic acids is 1. The van der Waals surface area contributed by atoms with Gasteiger partial charge in [0.25, 0.3) is 0 Å². The first-order valence-electron chi connectivity index (χ1n) is 5.50. The van der Waals surface area contributed by atoms with Gasteiger partial charge in [-0.25, -0.2) is 0 Å². The van der Waals surface area contributed by atoms with Gasteiger partial charge in [0.1, 0.15) is 0 Å². The molecular weight excluding hydrogens is 256 g/mol. The van der Waals surface area contributed by atoms with Gasteiger partial charge >= 0.3 is 6.29 Å². The highest BCUT2D eigenvalue weighted by molar-refractivity contribution is 5.99. The Labute approximate surface area is 108 Å². The van der Waals surface area contributed by atoms with Crippen LogP contribution in [0, 0.1) is 0 Å². The summed E-state index contributed by atoms with van der Waals surface area (Å²) < 4.78 is 34.1. The van der Waals surface area contributed by atoms with Crippen LogP contribution in [0.15, 0.2) is 42.5 Å². The zero-order chi connectivity index (χ0) is 13.9. The molecule has 1 N–H and O–H groups in total. The molecule has 19 heavy (non-hydrogen) atoms. The highest BCUT2D eigenvalue weighted by Gasteiger charge is 2.43. The second kappa shape index (κ2) is 5.09. The lowest BCUT2D eigenvalue weighted by atomic mass is 10.2. The van der Waals surface area contributed by atoms with E-state index in [0.29, 0.717) is 5.69 Å². The van der Waals surface area contributed by atoms with Crippen LogP contribution in [0.2, 0.25) is 0 Å². The summed E-state index contributed by atoms with van der Waals surface area (Å²) in [7, 11) is 0. The van der Waals surface area contributed by atoms with E-state index in [0.717, 1.165) is 0 Å². The van der Waals surface area contributed by atoms with Crippen molar-refractivity contribution in [2.24, 2.45) is 0 Å². The van der Waals surface area contributed by atoms with E-state index in [1.165, 1.54) is 24.3 Å². The Morgan fingerprint density at radius 3 is 2.74 bits per heavy atom. The summed E-state index contributed by atoms with van der Waals surface area (Å²) in [6.07, 6.45) is 2.69. The number of amides is 1. The molecule has 100 valence electrons. The van der Waals surface area contributed by atoms with Crippen LogP contribution in [-0.2, 0) is 4.79 Å². The van der Waals surface area contributed by atoms with E-state index < -0.39 is 6.29 Å². The van der Waals surface area contributed by atoms with Crippen LogP contribution in [0.5, 0.6) is 11.5 Å². The molecule has 1 aliphatic heterocycles. The number of alkyl halides is 2. The molecule has 0 saturated heterocycles. The molecule has 0 spiro atoms. The van der Waals surface area contributed by atoms with Gasteiger partial charge in [0.05, 0.1) is 0 Å². The molecule has 4 nitrogen and oxygen atoms in total. The van der Waals surface area contributed by atoms with E-state index in [4.69, 9.17) is 0 Å². The predicted octanol–water partition coefficient (Wildman–Crippen LogP) is 3.08. The van der Waals surface area contributed by atoms with Gasteiger partial charge in [-0.15, -0.1) is 8.78 Å². The number of fused-ring (bicyclic) bond motifs is 1. The molecule has 6 heteroatoms. The fourth-order valence-corrected chi connectivity index (χ4v) is 1.46. The molecule has 0 atom stereocenters. The molecule has 0 bridgehead atoms. The number of carbonyl (C=O) groups is 1. The summed E-state index contributed by atoms with van der Waals surface area (Å²) in [5.41, 5.74) is 0.343. The SMILES string of the molecule is CC=CC=CC(=O)Nc1ccc2c(c1)OC(F)(F)O2. The molecule has 0 aliphatic carbocycles. The molecule has 0 unspecified atom stereocenters. The van der Waals surface area contributed by atoms with E-state index in [9.17, 15) is 13.6 Å². The van der Waals surface area contributed by atoms with E-state index in [1.54, 1.807) is 18.2 Å². The lowest BCUT2D eigenvalue weighted by Crippen LogP contribution is -2.25. The van der Waals surface area contributed by atoms with Gasteiger partial charge in [-0.3, -0.25) is 4.79 Å². The van der Waals surface area contributed by atoms with Crippen molar-refractivity contribution in [3.8, 4) is 11.5 Å². The number of anilines is 1. The van der Waals surface area contributed by atoms with Gasteiger partial charge in [0.2, 0.25) is 5.91 Å². The van der Waals surface area contributed by atoms with E-state index in [-0.39, 0.29) is 17.4 Å². The summed E-state index contributed by atoms with van der Waals surface area (Å²) in [5, 5.41) is 2.52. The normalized spacial score (nSPS) is 16.2. The number of hydrogen-bond acceptors (Lipinski definition) is 3. The number of rotatable bonds is 3. The van der Waals surface area contributed by atoms with Crippen LogP contribution in [-0.4, -0.2) is 12.2 Å². The molecule has 1 amide bonds. The van der Waals surface area contributed by atoms with Gasteiger partial charge in [-0.2, -0.15) is 0 Å². The van der Waals surface area contributed by atoms with Gasteiger partial charge in [-0.1, -0.05) is 18.2 Å². The summed E-state index contributed by atoms with van der Waals surface area (Å²) in [4.78, 5) is 11.5. The molecular formula is C13H11F2NO3. The molecule has 0 fully saturated rings. The molecule has 1 aromatic rings. The zero-order valence-electron chi connectivity index (χ0n) is 10.0. The predicted molar refractivity (Wildman–Crippen MR) is 65.2 cm³/mol. The van der Waals surface area contributed by atoms with Crippen molar-refractivity contribution in [2.45, 2.75) is 13.2 Å². The molecule has 2 rings (SSSR count). The average molecular weight is 267 g/mol. The number of ether oxygens (including phenoxy) is 2. The summed E-state index contributed by atoms with van der Waals surface area (Å²) in [6.45, 7) is 1.82. The van der Waals surface area contributed by atoms with Gasteiger partial charge < -0.3 is 14.8 Å². The minimum atomic E-state index is -3.66. The highest BCUT2D eigenvalue weighted by atomic mass is 19.3. The highest BCUT2D eigenvalue weighted by Crippen LogP contribution is 2.42. The number of benzene rings is 1. The molecule has 0 aromatic heterocycles. The smallest absolute Gasteiger partial charge is 0.395 e. The Hall–Kier alpha value is -2.37. The van der Waals surface area contributed by atoms with Crippen molar-refractivity contribution >= 4 is 11.6 Å². The van der Waals surface area contributed by atoms with Crippen molar-refractivity contribution in [2.75, 3.05) is 5.32 Å². The number of nitrogens with one attached hydrogen (secondary N) is 1. The van der Waals surface area contributed by atoms with Crippen LogP contribution >= 0.6 is 0 Å². The molecule has 1 aromatic carbocycles. The van der Waals surface area contributed by atoms with Gasteiger partial charge in [-0.05, 0) is 19.1 Å². The molecule has 0 saturated carbocycles. The lowest BCUT2D eigenvalue weighted by molar-refractivity contribution is -0.286. The Kier molecular flexibility index (Phi) is 3.50. The third kappa shape index (κ3) is 3.31. The first-order valence-corrected chi connectivity index (χ1v) is 5.50. The second-order valence-corrected chi connectivity index (χ2v) is 3.70. The molecule has 1 aliphatic rings. The van der Waals surface area contributed by atoms with Crippen molar-refractivity contribution < 1.29 is 23.0 Å². The Balaban J connectivity index is 2.06. The van der Waals surface area contributed by atoms with E-state index in [2.05, 4.69) is 14.8 Å². The number of hydrogen-bond donors (Lipinski definition) is 1. The Morgan fingerprint density at radius 2 is 2.00 bits per heavy atom. The van der Waals surface area contributed by atoms with E-state index >= 15 is 0 Å². The molecule has 0 radical (unpaired) electrons. The number of halogens is 2. The van der Waals surface area contributed by atoms with Crippen LogP contribution in [0.1, 0.15) is 6.92 Å². The van der Waals surface area contributed by atoms with E-state index in [1.807, 2.05) is 6.92 Å². The lowest BCUT2D eigenvalue weighted by Gasteiger charge is -2.04. The standard InChI is InChI=1S/C13H11F2NO3/c1-2-3-4-5-12(17)16-9-6-7-10-11(8-9)19-13(14,15)18-10/h2-8H,1H3,(H,16,17). The topological polar surface area (TPSA) is 47.6 Å². The maximum atomic E-state index is 12.8. The van der Waals surface area contributed by atoms with Crippen LogP contribution in [0.3, 0.4) is 0 Å². The summed E-state index contributed by atoms with van der Waals surface area (Å²) >= 11 is 0. The van der Waals surface area contributed by atoms with Crippen molar-refractivity contribution in [1.29, 1.82) is 0 Å². The first kappa shape index (κ1) is 13.1. The zero-order valence-corrected chi connectivity index (χ0v) is 10.0. The Bertz CT molecular complexity index is 553. The maximum Gasteiger partial charge on any atom is 0.586 e. The minimum Gasteiger partial charge on any atom is -0.395 e. The van der Waals surface area contributed by atoms with Crippen LogP contribution in [0.25, 0.3) is 0 Å². The first-order chi connectivity index (χ1) is 9.00. The monoisotopic (exact) mass is 267 g/mol. The number of allylic oxidation sites excluding steroid dienone is 3. The van der Waals surface area contributed by atoms with Crippen molar-refractivity contribution in [3.05, 3.63) is 42.5 Å². The van der Waals surface area contributed by atoms with Crippen molar-refractivity contribution in [3.63, 3.8) is 0 Å².